The quantitative estimate of drug-likeness (QED) is 0.700. The van der Waals surface area contributed by atoms with E-state index in [2.05, 4.69) is 15.1 Å². The van der Waals surface area contributed by atoms with Gasteiger partial charge in [-0.1, -0.05) is 12.1 Å². The molecule has 1 N–H and O–H groups in total. The molecule has 3 aromatic rings. The number of aromatic nitrogens is 4. The van der Waals surface area contributed by atoms with Crippen molar-refractivity contribution < 1.29 is 23.1 Å². The lowest BCUT2D eigenvalue weighted by Gasteiger charge is -2.18. The molecule has 10 heteroatoms. The molecule has 1 aromatic carbocycles. The third-order valence-electron chi connectivity index (χ3n) is 5.05. The largest absolute Gasteiger partial charge is 0.481 e. The minimum atomic E-state index is -4.42. The average Bonchev–Trinajstić information content (AvgIpc) is 3.36. The van der Waals surface area contributed by atoms with Gasteiger partial charge >= 0.3 is 12.1 Å². The smallest absolute Gasteiger partial charge is 0.416 e. The summed E-state index contributed by atoms with van der Waals surface area (Å²) >= 11 is 0. The summed E-state index contributed by atoms with van der Waals surface area (Å²) in [5.41, 5.74) is 0.871. The predicted molar refractivity (Wildman–Crippen MR) is 103 cm³/mol. The van der Waals surface area contributed by atoms with E-state index in [4.69, 9.17) is 0 Å². The molecule has 7 nitrogen and oxygen atoms in total. The highest BCUT2D eigenvalue weighted by molar-refractivity contribution is 5.73. The van der Waals surface area contributed by atoms with E-state index in [1.165, 1.54) is 12.1 Å². The van der Waals surface area contributed by atoms with Gasteiger partial charge in [-0.15, -0.1) is 0 Å². The molecule has 0 radical (unpaired) electrons. The van der Waals surface area contributed by atoms with Crippen LogP contribution in [0.1, 0.15) is 12.0 Å². The first-order valence-corrected chi connectivity index (χ1v) is 9.24. The van der Waals surface area contributed by atoms with Crippen molar-refractivity contribution in [2.45, 2.75) is 12.6 Å². The number of aryl methyl sites for hydroxylation is 1. The molecule has 4 rings (SSSR count). The second-order valence-corrected chi connectivity index (χ2v) is 7.18. The molecule has 1 saturated heterocycles. The molecule has 1 atom stereocenters. The van der Waals surface area contributed by atoms with Gasteiger partial charge < -0.3 is 10.0 Å². The normalized spacial score (nSPS) is 16.8. The summed E-state index contributed by atoms with van der Waals surface area (Å²) < 4.78 is 40.3. The molecule has 30 heavy (non-hydrogen) atoms. The van der Waals surface area contributed by atoms with Gasteiger partial charge in [-0.05, 0) is 18.6 Å². The molecule has 1 aliphatic heterocycles. The number of alkyl halides is 3. The van der Waals surface area contributed by atoms with Crippen LogP contribution >= 0.6 is 0 Å². The molecule has 2 aromatic heterocycles. The Kier molecular flexibility index (Phi) is 4.92. The molecule has 1 aliphatic rings. The van der Waals surface area contributed by atoms with Crippen LogP contribution < -0.4 is 4.90 Å². The van der Waals surface area contributed by atoms with Gasteiger partial charge in [0.1, 0.15) is 5.82 Å². The topological polar surface area (TPSA) is 84.1 Å². The van der Waals surface area contributed by atoms with E-state index in [1.54, 1.807) is 30.2 Å². The Morgan fingerprint density at radius 2 is 1.90 bits per heavy atom. The number of carbonyl (C=O) groups is 1. The van der Waals surface area contributed by atoms with Crippen molar-refractivity contribution in [3.8, 4) is 22.6 Å². The monoisotopic (exact) mass is 417 g/mol. The van der Waals surface area contributed by atoms with Gasteiger partial charge in [-0.25, -0.2) is 9.97 Å². The number of hydrogen-bond donors (Lipinski definition) is 1. The Balaban J connectivity index is 1.75. The fourth-order valence-corrected chi connectivity index (χ4v) is 3.41. The molecular formula is C20H18F3N5O2. The lowest BCUT2D eigenvalue weighted by Crippen LogP contribution is -2.23. The van der Waals surface area contributed by atoms with E-state index in [0.29, 0.717) is 48.0 Å². The molecule has 156 valence electrons. The van der Waals surface area contributed by atoms with E-state index in [9.17, 15) is 23.1 Å². The first-order chi connectivity index (χ1) is 14.2. The van der Waals surface area contributed by atoms with Crippen LogP contribution in [-0.2, 0) is 18.0 Å². The Bertz CT molecular complexity index is 1080. The second kappa shape index (κ2) is 7.43. The van der Waals surface area contributed by atoms with Gasteiger partial charge in [0.05, 0.1) is 28.9 Å². The third kappa shape index (κ3) is 3.98. The summed E-state index contributed by atoms with van der Waals surface area (Å²) in [7, 11) is 1.75. The van der Waals surface area contributed by atoms with Crippen molar-refractivity contribution >= 4 is 11.8 Å². The van der Waals surface area contributed by atoms with E-state index in [-0.39, 0.29) is 0 Å². The number of carboxylic acids is 1. The van der Waals surface area contributed by atoms with Gasteiger partial charge in [-0.3, -0.25) is 9.48 Å². The zero-order valence-electron chi connectivity index (χ0n) is 16.0. The van der Waals surface area contributed by atoms with Crippen LogP contribution in [0.4, 0.5) is 19.0 Å². The van der Waals surface area contributed by atoms with Gasteiger partial charge in [0.15, 0.2) is 5.82 Å². The van der Waals surface area contributed by atoms with Crippen molar-refractivity contribution in [3.63, 3.8) is 0 Å². The molecule has 0 saturated carbocycles. The highest BCUT2D eigenvalue weighted by Gasteiger charge is 2.31. The minimum absolute atomic E-state index is 0.311. The Morgan fingerprint density at radius 1 is 1.17 bits per heavy atom. The van der Waals surface area contributed by atoms with Crippen molar-refractivity contribution in [2.24, 2.45) is 13.0 Å². The Labute approximate surface area is 169 Å². The van der Waals surface area contributed by atoms with Crippen LogP contribution in [0.15, 0.2) is 42.7 Å². The molecule has 1 unspecified atom stereocenters. The summed E-state index contributed by atoms with van der Waals surface area (Å²) in [6, 6.07) is 6.43. The SMILES string of the molecule is Cn1cc(-c2nc(-c3ccc(C(F)(F)F)cc3)cc(N3CCC(C(=O)O)C3)n2)cn1. The predicted octanol–water partition coefficient (Wildman–Crippen LogP) is 3.47. The maximum Gasteiger partial charge on any atom is 0.416 e. The van der Waals surface area contributed by atoms with Crippen LogP contribution in [0, 0.1) is 5.92 Å². The van der Waals surface area contributed by atoms with Gasteiger partial charge in [0, 0.05) is 38.0 Å². The van der Waals surface area contributed by atoms with Crippen molar-refractivity contribution in [1.82, 2.24) is 19.7 Å². The number of hydrogen-bond acceptors (Lipinski definition) is 5. The molecular weight excluding hydrogens is 399 g/mol. The van der Waals surface area contributed by atoms with Crippen LogP contribution in [-0.4, -0.2) is 43.9 Å². The lowest BCUT2D eigenvalue weighted by atomic mass is 10.1. The van der Waals surface area contributed by atoms with Gasteiger partial charge in [0.25, 0.3) is 0 Å². The molecule has 0 spiro atoms. The highest BCUT2D eigenvalue weighted by Crippen LogP contribution is 2.32. The molecule has 0 amide bonds. The molecule has 3 heterocycles. The van der Waals surface area contributed by atoms with E-state index < -0.39 is 23.6 Å². The summed E-state index contributed by atoms with van der Waals surface area (Å²) in [5, 5.41) is 13.4. The zero-order chi connectivity index (χ0) is 21.5. The number of aliphatic carboxylic acids is 1. The van der Waals surface area contributed by atoms with Crippen LogP contribution in [0.25, 0.3) is 22.6 Å². The number of anilines is 1. The Morgan fingerprint density at radius 3 is 2.47 bits per heavy atom. The molecule has 1 fully saturated rings. The summed E-state index contributed by atoms with van der Waals surface area (Å²) in [4.78, 5) is 22.2. The summed E-state index contributed by atoms with van der Waals surface area (Å²) in [6.45, 7) is 0.832. The number of benzene rings is 1. The maximum atomic E-state index is 12.9. The number of rotatable bonds is 4. The van der Waals surface area contributed by atoms with Crippen molar-refractivity contribution in [3.05, 3.63) is 48.3 Å². The van der Waals surface area contributed by atoms with Crippen LogP contribution in [0.2, 0.25) is 0 Å². The minimum Gasteiger partial charge on any atom is -0.481 e. The first-order valence-electron chi connectivity index (χ1n) is 9.24. The van der Waals surface area contributed by atoms with E-state index in [1.807, 2.05) is 4.90 Å². The molecule has 0 aliphatic carbocycles. The Hall–Kier alpha value is -3.43. The maximum absolute atomic E-state index is 12.9. The van der Waals surface area contributed by atoms with E-state index in [0.717, 1.165) is 12.1 Å². The summed E-state index contributed by atoms with van der Waals surface area (Å²) in [5.74, 6) is -0.449. The van der Waals surface area contributed by atoms with Crippen LogP contribution in [0.3, 0.4) is 0 Å². The van der Waals surface area contributed by atoms with Gasteiger partial charge in [0.2, 0.25) is 0 Å². The first kappa shape index (κ1) is 19.9. The molecule has 0 bridgehead atoms. The van der Waals surface area contributed by atoms with E-state index >= 15 is 0 Å². The zero-order valence-corrected chi connectivity index (χ0v) is 16.0. The van der Waals surface area contributed by atoms with Crippen molar-refractivity contribution in [2.75, 3.05) is 18.0 Å². The second-order valence-electron chi connectivity index (χ2n) is 7.18. The van der Waals surface area contributed by atoms with Gasteiger partial charge in [-0.2, -0.15) is 18.3 Å². The third-order valence-corrected chi connectivity index (χ3v) is 5.05. The van der Waals surface area contributed by atoms with Crippen molar-refractivity contribution in [1.29, 1.82) is 0 Å². The summed E-state index contributed by atoms with van der Waals surface area (Å²) in [6.07, 6.45) is -0.589. The number of halogens is 3. The fourth-order valence-electron chi connectivity index (χ4n) is 3.41. The lowest BCUT2D eigenvalue weighted by molar-refractivity contribution is -0.141. The fraction of sp³-hybridized carbons (Fsp3) is 0.300. The number of carboxylic acid groups (broad SMARTS) is 1. The highest BCUT2D eigenvalue weighted by atomic mass is 19.4. The average molecular weight is 417 g/mol. The standard InChI is InChI=1S/C20H18F3N5O2/c1-27-10-14(9-24-27)18-25-16(12-2-4-15(5-3-12)20(21,22)23)8-17(26-18)28-7-6-13(11-28)19(29)30/h2-5,8-10,13H,6-7,11H2,1H3,(H,29,30). The van der Waals surface area contributed by atoms with Crippen LogP contribution in [0.5, 0.6) is 0 Å². The number of nitrogens with zero attached hydrogens (tertiary/aromatic N) is 5.